The predicted octanol–water partition coefficient (Wildman–Crippen LogP) is 2.76. The molecule has 1 aliphatic rings. The van der Waals surface area contributed by atoms with Crippen LogP contribution in [-0.2, 0) is 6.42 Å². The summed E-state index contributed by atoms with van der Waals surface area (Å²) in [5.74, 6) is 0. The molecule has 1 heterocycles. The van der Waals surface area contributed by atoms with Crippen molar-refractivity contribution in [2.75, 3.05) is 25.9 Å². The smallest absolute Gasteiger partial charge is 0.0108 e. The van der Waals surface area contributed by atoms with Crippen LogP contribution < -0.4 is 5.73 Å². The molecule has 1 aliphatic heterocycles. The fourth-order valence-electron chi connectivity index (χ4n) is 2.81. The Kier molecular flexibility index (Phi) is 5.54. The summed E-state index contributed by atoms with van der Waals surface area (Å²) in [5, 5.41) is 0. The van der Waals surface area contributed by atoms with Gasteiger partial charge in [-0.3, -0.25) is 4.90 Å². The minimum atomic E-state index is 0.758. The highest BCUT2D eigenvalue weighted by Gasteiger charge is 2.22. The summed E-state index contributed by atoms with van der Waals surface area (Å²) in [6, 6.07) is 9.76. The van der Waals surface area contributed by atoms with Gasteiger partial charge in [-0.15, -0.1) is 11.8 Å². The van der Waals surface area contributed by atoms with Gasteiger partial charge in [-0.25, -0.2) is 0 Å². The van der Waals surface area contributed by atoms with Crippen molar-refractivity contribution < 1.29 is 0 Å². The highest BCUT2D eigenvalue weighted by Crippen LogP contribution is 2.22. The molecule has 1 aromatic carbocycles. The van der Waals surface area contributed by atoms with E-state index in [1.165, 1.54) is 42.7 Å². The van der Waals surface area contributed by atoms with Crippen molar-refractivity contribution in [3.63, 3.8) is 0 Å². The van der Waals surface area contributed by atoms with Crippen LogP contribution in [0.4, 0.5) is 0 Å². The van der Waals surface area contributed by atoms with Crippen LogP contribution in [0.25, 0.3) is 0 Å². The molecule has 0 amide bonds. The summed E-state index contributed by atoms with van der Waals surface area (Å²) in [6.07, 6.45) is 7.29. The van der Waals surface area contributed by atoms with Gasteiger partial charge in [0, 0.05) is 24.0 Å². The van der Waals surface area contributed by atoms with Crippen molar-refractivity contribution in [1.82, 2.24) is 4.90 Å². The number of thioether (sulfide) groups is 1. The van der Waals surface area contributed by atoms with Crippen LogP contribution in [0.1, 0.15) is 24.8 Å². The van der Waals surface area contributed by atoms with Crippen molar-refractivity contribution in [1.29, 1.82) is 0 Å². The number of hydrogen-bond donors (Lipinski definition) is 1. The summed E-state index contributed by atoms with van der Waals surface area (Å²) in [5.41, 5.74) is 7.13. The number of benzene rings is 1. The predicted molar refractivity (Wildman–Crippen MR) is 80.2 cm³/mol. The Bertz CT molecular complexity index is 350. The zero-order valence-corrected chi connectivity index (χ0v) is 12.1. The summed E-state index contributed by atoms with van der Waals surface area (Å²) in [7, 11) is 0. The van der Waals surface area contributed by atoms with Gasteiger partial charge in [-0.05, 0) is 56.2 Å². The van der Waals surface area contributed by atoms with Gasteiger partial charge < -0.3 is 5.73 Å². The number of likely N-dealkylation sites (tertiary alicyclic amines) is 1. The minimum absolute atomic E-state index is 0.758. The summed E-state index contributed by atoms with van der Waals surface area (Å²) < 4.78 is 0. The first-order valence-corrected chi connectivity index (χ1v) is 8.13. The van der Waals surface area contributed by atoms with Gasteiger partial charge in [0.1, 0.15) is 0 Å². The molecule has 1 atom stereocenters. The molecule has 2 rings (SSSR count). The molecule has 0 radical (unpaired) electrons. The third-order valence-corrected chi connectivity index (χ3v) is 4.58. The van der Waals surface area contributed by atoms with Crippen LogP contribution in [0.5, 0.6) is 0 Å². The molecule has 0 aliphatic carbocycles. The third-order valence-electron chi connectivity index (χ3n) is 3.84. The van der Waals surface area contributed by atoms with Crippen LogP contribution in [0.3, 0.4) is 0 Å². The number of aryl methyl sites for hydroxylation is 1. The van der Waals surface area contributed by atoms with E-state index in [1.54, 1.807) is 11.8 Å². The average molecular weight is 264 g/mol. The van der Waals surface area contributed by atoms with E-state index in [0.717, 1.165) is 19.1 Å². The molecule has 0 bridgehead atoms. The second kappa shape index (κ2) is 7.17. The zero-order valence-electron chi connectivity index (χ0n) is 11.3. The van der Waals surface area contributed by atoms with E-state index in [1.807, 2.05) is 0 Å². The van der Waals surface area contributed by atoms with Crippen LogP contribution >= 0.6 is 11.8 Å². The van der Waals surface area contributed by atoms with Gasteiger partial charge >= 0.3 is 0 Å². The fraction of sp³-hybridized carbons (Fsp3) is 0.600. The second-order valence-electron chi connectivity index (χ2n) is 5.01. The van der Waals surface area contributed by atoms with E-state index in [2.05, 4.69) is 35.4 Å². The van der Waals surface area contributed by atoms with E-state index in [0.29, 0.717) is 0 Å². The van der Waals surface area contributed by atoms with Gasteiger partial charge in [0.15, 0.2) is 0 Å². The summed E-state index contributed by atoms with van der Waals surface area (Å²) in [6.45, 7) is 3.10. The Hall–Kier alpha value is -0.510. The number of nitrogens with zero attached hydrogens (tertiary/aromatic N) is 1. The van der Waals surface area contributed by atoms with Gasteiger partial charge in [0.05, 0.1) is 0 Å². The first-order valence-electron chi connectivity index (χ1n) is 6.90. The quantitative estimate of drug-likeness (QED) is 0.801. The van der Waals surface area contributed by atoms with Crippen molar-refractivity contribution in [2.45, 2.75) is 36.6 Å². The van der Waals surface area contributed by atoms with Gasteiger partial charge in [-0.2, -0.15) is 0 Å². The number of hydrogen-bond acceptors (Lipinski definition) is 3. The van der Waals surface area contributed by atoms with E-state index >= 15 is 0 Å². The number of nitrogens with two attached hydrogens (primary N) is 1. The van der Waals surface area contributed by atoms with Crippen molar-refractivity contribution in [3.8, 4) is 0 Å². The monoisotopic (exact) mass is 264 g/mol. The Morgan fingerprint density at radius 2 is 2.11 bits per heavy atom. The van der Waals surface area contributed by atoms with Crippen molar-refractivity contribution in [3.05, 3.63) is 29.8 Å². The molecular formula is C15H24N2S. The van der Waals surface area contributed by atoms with Crippen LogP contribution in [-0.4, -0.2) is 36.8 Å². The SMILES string of the molecule is CSc1ccc(CCC2CCCN2CCN)cc1. The lowest BCUT2D eigenvalue weighted by atomic mass is 10.0. The van der Waals surface area contributed by atoms with Crippen molar-refractivity contribution in [2.24, 2.45) is 5.73 Å². The van der Waals surface area contributed by atoms with Crippen LogP contribution in [0.15, 0.2) is 29.2 Å². The van der Waals surface area contributed by atoms with Gasteiger partial charge in [0.2, 0.25) is 0 Å². The first kappa shape index (κ1) is 13.9. The van der Waals surface area contributed by atoms with E-state index < -0.39 is 0 Å². The molecule has 2 nitrogen and oxygen atoms in total. The average Bonchev–Trinajstić information content (AvgIpc) is 2.85. The molecule has 2 N–H and O–H groups in total. The van der Waals surface area contributed by atoms with Crippen LogP contribution in [0.2, 0.25) is 0 Å². The largest absolute Gasteiger partial charge is 0.329 e. The Morgan fingerprint density at radius 1 is 1.33 bits per heavy atom. The van der Waals surface area contributed by atoms with Gasteiger partial charge in [-0.1, -0.05) is 12.1 Å². The molecule has 0 saturated carbocycles. The highest BCUT2D eigenvalue weighted by atomic mass is 32.2. The van der Waals surface area contributed by atoms with E-state index in [9.17, 15) is 0 Å². The Balaban J connectivity index is 1.82. The molecule has 3 heteroatoms. The molecule has 100 valence electrons. The lowest BCUT2D eigenvalue weighted by Gasteiger charge is -2.23. The molecular weight excluding hydrogens is 240 g/mol. The van der Waals surface area contributed by atoms with Gasteiger partial charge in [0.25, 0.3) is 0 Å². The van der Waals surface area contributed by atoms with E-state index in [-0.39, 0.29) is 0 Å². The minimum Gasteiger partial charge on any atom is -0.329 e. The lowest BCUT2D eigenvalue weighted by Crippen LogP contribution is -2.34. The third kappa shape index (κ3) is 3.74. The molecule has 1 fully saturated rings. The highest BCUT2D eigenvalue weighted by molar-refractivity contribution is 7.98. The maximum Gasteiger partial charge on any atom is 0.0108 e. The molecule has 0 aromatic heterocycles. The molecule has 1 saturated heterocycles. The topological polar surface area (TPSA) is 29.3 Å². The molecule has 18 heavy (non-hydrogen) atoms. The summed E-state index contributed by atoms with van der Waals surface area (Å²) in [4.78, 5) is 3.92. The first-order chi connectivity index (χ1) is 8.83. The van der Waals surface area contributed by atoms with Crippen molar-refractivity contribution >= 4 is 11.8 Å². The molecule has 1 unspecified atom stereocenters. The maximum atomic E-state index is 5.67. The fourth-order valence-corrected chi connectivity index (χ4v) is 3.22. The Labute approximate surface area is 115 Å². The lowest BCUT2D eigenvalue weighted by molar-refractivity contribution is 0.250. The standard InChI is InChI=1S/C15H24N2S/c1-18-15-8-5-13(6-9-15)4-7-14-3-2-11-17(14)12-10-16/h5-6,8-9,14H,2-4,7,10-12,16H2,1H3. The molecule has 1 aromatic rings. The Morgan fingerprint density at radius 3 is 2.78 bits per heavy atom. The summed E-state index contributed by atoms with van der Waals surface area (Å²) >= 11 is 1.81. The second-order valence-corrected chi connectivity index (χ2v) is 5.89. The zero-order chi connectivity index (χ0) is 12.8. The normalized spacial score (nSPS) is 20.4. The van der Waals surface area contributed by atoms with E-state index in [4.69, 9.17) is 5.73 Å². The molecule has 0 spiro atoms. The van der Waals surface area contributed by atoms with Crippen LogP contribution in [0, 0.1) is 0 Å². The maximum absolute atomic E-state index is 5.67. The number of rotatable bonds is 6.